The Kier molecular flexibility index (Phi) is 4.35. The number of carboxylic acid groups (broad SMARTS) is 1. The molecule has 110 valence electrons. The summed E-state index contributed by atoms with van der Waals surface area (Å²) in [5, 5.41) is 9.05. The van der Waals surface area contributed by atoms with Crippen molar-refractivity contribution in [1.29, 1.82) is 0 Å². The van der Waals surface area contributed by atoms with Gasteiger partial charge in [-0.15, -0.1) is 11.3 Å². The molecular formula is C14H20N2O3S. The normalized spacial score (nSPS) is 20.8. The fraction of sp³-hybridized carbons (Fsp3) is 0.643. The number of rotatable bonds is 4. The van der Waals surface area contributed by atoms with Gasteiger partial charge in [0, 0.05) is 44.1 Å². The molecule has 3 heterocycles. The third-order valence-electron chi connectivity index (χ3n) is 3.99. The van der Waals surface area contributed by atoms with Crippen LogP contribution in [-0.4, -0.2) is 66.8 Å². The van der Waals surface area contributed by atoms with Crippen LogP contribution in [0.3, 0.4) is 0 Å². The highest BCUT2D eigenvalue weighted by atomic mass is 32.1. The van der Waals surface area contributed by atoms with E-state index in [9.17, 15) is 4.79 Å². The molecule has 0 aromatic carbocycles. The second-order valence-electron chi connectivity index (χ2n) is 5.34. The average molecular weight is 296 g/mol. The molecule has 0 bridgehead atoms. The molecular weight excluding hydrogens is 276 g/mol. The van der Waals surface area contributed by atoms with Gasteiger partial charge in [-0.25, -0.2) is 4.79 Å². The Hall–Kier alpha value is -0.950. The maximum atomic E-state index is 11.0. The van der Waals surface area contributed by atoms with Gasteiger partial charge in [0.15, 0.2) is 0 Å². The van der Waals surface area contributed by atoms with Crippen LogP contribution in [0, 0.1) is 0 Å². The topological polar surface area (TPSA) is 53.0 Å². The highest BCUT2D eigenvalue weighted by Crippen LogP contribution is 2.28. The first-order chi connectivity index (χ1) is 9.72. The Balaban J connectivity index is 1.53. The number of carbonyl (C=O) groups is 1. The monoisotopic (exact) mass is 296 g/mol. The molecule has 1 aromatic heterocycles. The summed E-state index contributed by atoms with van der Waals surface area (Å²) in [7, 11) is 0. The molecule has 1 N–H and O–H groups in total. The molecule has 2 aliphatic rings. The highest BCUT2D eigenvalue weighted by Gasteiger charge is 2.21. The summed E-state index contributed by atoms with van der Waals surface area (Å²) in [5.74, 6) is -0.802. The lowest BCUT2D eigenvalue weighted by Gasteiger charge is -2.31. The zero-order valence-electron chi connectivity index (χ0n) is 11.5. The fourth-order valence-corrected chi connectivity index (χ4v) is 3.80. The third kappa shape index (κ3) is 3.20. The minimum Gasteiger partial charge on any atom is -0.477 e. The van der Waals surface area contributed by atoms with Crippen molar-refractivity contribution in [3.63, 3.8) is 0 Å². The van der Waals surface area contributed by atoms with E-state index in [0.717, 1.165) is 58.9 Å². The first-order valence-electron chi connectivity index (χ1n) is 7.10. The van der Waals surface area contributed by atoms with Gasteiger partial charge in [0.2, 0.25) is 0 Å². The van der Waals surface area contributed by atoms with Crippen LogP contribution in [0.1, 0.15) is 20.1 Å². The lowest BCUT2D eigenvalue weighted by molar-refractivity contribution is 0.0327. The predicted octanol–water partition coefficient (Wildman–Crippen LogP) is 1.14. The van der Waals surface area contributed by atoms with Crippen molar-refractivity contribution in [2.45, 2.75) is 13.0 Å². The van der Waals surface area contributed by atoms with Crippen LogP contribution in [0.5, 0.6) is 0 Å². The van der Waals surface area contributed by atoms with E-state index in [2.05, 4.69) is 9.80 Å². The van der Waals surface area contributed by atoms with Gasteiger partial charge in [0.05, 0.1) is 13.2 Å². The minimum absolute atomic E-state index is 0.477. The number of aromatic carboxylic acids is 1. The van der Waals surface area contributed by atoms with Crippen LogP contribution >= 0.6 is 11.3 Å². The number of fused-ring (bicyclic) bond motifs is 1. The van der Waals surface area contributed by atoms with Crippen molar-refractivity contribution < 1.29 is 14.6 Å². The summed E-state index contributed by atoms with van der Waals surface area (Å²) < 4.78 is 5.35. The van der Waals surface area contributed by atoms with E-state index in [1.807, 2.05) is 6.07 Å². The number of carboxylic acids is 1. The Morgan fingerprint density at radius 1 is 1.25 bits per heavy atom. The van der Waals surface area contributed by atoms with Gasteiger partial charge in [0.25, 0.3) is 0 Å². The van der Waals surface area contributed by atoms with Crippen LogP contribution in [0.2, 0.25) is 0 Å². The van der Waals surface area contributed by atoms with Gasteiger partial charge in [-0.3, -0.25) is 9.80 Å². The number of thiophene rings is 1. The zero-order chi connectivity index (χ0) is 13.9. The van der Waals surface area contributed by atoms with Crippen LogP contribution in [0.4, 0.5) is 0 Å². The second kappa shape index (κ2) is 6.22. The van der Waals surface area contributed by atoms with E-state index in [0.29, 0.717) is 4.88 Å². The molecule has 1 fully saturated rings. The van der Waals surface area contributed by atoms with Crippen molar-refractivity contribution in [3.05, 3.63) is 21.4 Å². The summed E-state index contributed by atoms with van der Waals surface area (Å²) in [4.78, 5) is 17.6. The van der Waals surface area contributed by atoms with Gasteiger partial charge in [-0.1, -0.05) is 0 Å². The van der Waals surface area contributed by atoms with E-state index >= 15 is 0 Å². The quantitative estimate of drug-likeness (QED) is 0.903. The summed E-state index contributed by atoms with van der Waals surface area (Å²) in [5.41, 5.74) is 1.21. The van der Waals surface area contributed by atoms with Crippen molar-refractivity contribution in [3.8, 4) is 0 Å². The minimum atomic E-state index is -0.802. The van der Waals surface area contributed by atoms with Gasteiger partial charge < -0.3 is 9.84 Å². The Bertz CT molecular complexity index is 483. The predicted molar refractivity (Wildman–Crippen MR) is 77.5 cm³/mol. The van der Waals surface area contributed by atoms with Gasteiger partial charge in [-0.05, 0) is 18.1 Å². The van der Waals surface area contributed by atoms with E-state index in [4.69, 9.17) is 9.84 Å². The number of morpholine rings is 1. The Morgan fingerprint density at radius 3 is 2.75 bits per heavy atom. The number of hydrogen-bond donors (Lipinski definition) is 1. The first kappa shape index (κ1) is 14.0. The Labute approximate surface area is 122 Å². The molecule has 3 rings (SSSR count). The van der Waals surface area contributed by atoms with E-state index in [1.54, 1.807) is 0 Å². The zero-order valence-corrected chi connectivity index (χ0v) is 12.3. The molecule has 0 atom stereocenters. The number of hydrogen-bond acceptors (Lipinski definition) is 5. The lowest BCUT2D eigenvalue weighted by Crippen LogP contribution is -2.42. The van der Waals surface area contributed by atoms with Crippen molar-refractivity contribution in [2.75, 3.05) is 45.9 Å². The van der Waals surface area contributed by atoms with Crippen LogP contribution in [0.25, 0.3) is 0 Å². The van der Waals surface area contributed by atoms with Crippen molar-refractivity contribution in [2.24, 2.45) is 0 Å². The largest absolute Gasteiger partial charge is 0.477 e. The molecule has 6 heteroatoms. The molecule has 0 saturated carbocycles. The maximum Gasteiger partial charge on any atom is 0.345 e. The SMILES string of the molecule is O=C(O)c1cc2c(s1)CCN(CCN1CCOCC1)C2. The van der Waals surface area contributed by atoms with Gasteiger partial charge in [0.1, 0.15) is 4.88 Å². The number of ether oxygens (including phenoxy) is 1. The second-order valence-corrected chi connectivity index (χ2v) is 6.48. The molecule has 0 unspecified atom stereocenters. The lowest BCUT2D eigenvalue weighted by atomic mass is 10.1. The molecule has 0 amide bonds. The van der Waals surface area contributed by atoms with Crippen LogP contribution in [0.15, 0.2) is 6.07 Å². The van der Waals surface area contributed by atoms with E-state index in [1.165, 1.54) is 21.8 Å². The molecule has 0 spiro atoms. The molecule has 1 aromatic rings. The highest BCUT2D eigenvalue weighted by molar-refractivity contribution is 7.14. The Morgan fingerprint density at radius 2 is 2.00 bits per heavy atom. The molecule has 1 saturated heterocycles. The third-order valence-corrected chi connectivity index (χ3v) is 5.22. The number of nitrogens with zero attached hydrogens (tertiary/aromatic N) is 2. The summed E-state index contributed by atoms with van der Waals surface area (Å²) in [6, 6.07) is 1.85. The molecule has 2 aliphatic heterocycles. The summed E-state index contributed by atoms with van der Waals surface area (Å²) >= 11 is 1.44. The van der Waals surface area contributed by atoms with Gasteiger partial charge >= 0.3 is 5.97 Å². The van der Waals surface area contributed by atoms with Crippen LogP contribution in [-0.2, 0) is 17.7 Å². The fourth-order valence-electron chi connectivity index (χ4n) is 2.80. The summed E-state index contributed by atoms with van der Waals surface area (Å²) in [6.45, 7) is 7.81. The first-order valence-corrected chi connectivity index (χ1v) is 7.91. The standard InChI is InChI=1S/C14H20N2O3S/c17-14(18)13-9-11-10-16(2-1-12(11)20-13)4-3-15-5-7-19-8-6-15/h9H,1-8,10H2,(H,17,18). The molecule has 20 heavy (non-hydrogen) atoms. The summed E-state index contributed by atoms with van der Waals surface area (Å²) in [6.07, 6.45) is 0.983. The van der Waals surface area contributed by atoms with Gasteiger partial charge in [-0.2, -0.15) is 0 Å². The van der Waals surface area contributed by atoms with E-state index < -0.39 is 5.97 Å². The maximum absolute atomic E-state index is 11.0. The van der Waals surface area contributed by atoms with Crippen LogP contribution < -0.4 is 0 Å². The molecule has 0 radical (unpaired) electrons. The molecule has 0 aliphatic carbocycles. The van der Waals surface area contributed by atoms with Crippen molar-refractivity contribution >= 4 is 17.3 Å². The average Bonchev–Trinajstić information content (AvgIpc) is 2.89. The van der Waals surface area contributed by atoms with E-state index in [-0.39, 0.29) is 0 Å². The molecule has 5 nitrogen and oxygen atoms in total. The van der Waals surface area contributed by atoms with Crippen molar-refractivity contribution in [1.82, 2.24) is 9.80 Å². The smallest absolute Gasteiger partial charge is 0.345 e.